The molecule has 0 heterocycles. The first-order chi connectivity index (χ1) is 11.9. The van der Waals surface area contributed by atoms with Gasteiger partial charge in [-0.25, -0.2) is 0 Å². The molecule has 0 radical (unpaired) electrons. The Balaban J connectivity index is 2.02. The largest absolute Gasteiger partial charge is 0.386 e. The van der Waals surface area contributed by atoms with Crippen LogP contribution < -0.4 is 0 Å². The number of nitrogens with zero attached hydrogens (tertiary/aromatic N) is 2. The predicted molar refractivity (Wildman–Crippen MR) is 95.8 cm³/mol. The molecule has 0 saturated carbocycles. The fourth-order valence-electron chi connectivity index (χ4n) is 2.33. The second-order valence-electron chi connectivity index (χ2n) is 5.73. The number of nitro benzene ring substituents is 1. The number of nitro groups is 1. The molecule has 6 heteroatoms. The summed E-state index contributed by atoms with van der Waals surface area (Å²) in [6, 6.07) is 14.7. The Morgan fingerprint density at radius 2 is 1.76 bits per heavy atom. The van der Waals surface area contributed by atoms with E-state index in [4.69, 9.17) is 0 Å². The summed E-state index contributed by atoms with van der Waals surface area (Å²) in [6.07, 6.45) is 2.18. The number of benzene rings is 2. The number of likely N-dealkylation sites (N-methyl/N-ethyl adjacent to an activating group) is 1. The Kier molecular flexibility index (Phi) is 6.03. The summed E-state index contributed by atoms with van der Waals surface area (Å²) in [5, 5.41) is 21.0. The lowest BCUT2D eigenvalue weighted by Crippen LogP contribution is -2.38. The molecule has 0 aromatic heterocycles. The monoisotopic (exact) mass is 340 g/mol. The number of carbonyl (C=O) groups is 1. The average Bonchev–Trinajstić information content (AvgIpc) is 2.65. The summed E-state index contributed by atoms with van der Waals surface area (Å²) in [6.45, 7) is 1.77. The van der Waals surface area contributed by atoms with Crippen LogP contribution in [0.2, 0.25) is 0 Å². The Labute approximate surface area is 146 Å². The molecule has 1 amide bonds. The van der Waals surface area contributed by atoms with E-state index in [1.165, 1.54) is 23.1 Å². The number of carbonyl (C=O) groups excluding carboxylic acids is 1. The summed E-state index contributed by atoms with van der Waals surface area (Å²) in [5.74, 6) is -0.263. The number of aliphatic hydroxyl groups is 1. The molecular weight excluding hydrogens is 320 g/mol. The maximum atomic E-state index is 12.3. The van der Waals surface area contributed by atoms with Crippen molar-refractivity contribution >= 4 is 17.7 Å². The number of amides is 1. The molecule has 2 unspecified atom stereocenters. The van der Waals surface area contributed by atoms with Gasteiger partial charge < -0.3 is 10.0 Å². The minimum absolute atomic E-state index is 0.000185. The smallest absolute Gasteiger partial charge is 0.269 e. The van der Waals surface area contributed by atoms with E-state index in [-0.39, 0.29) is 11.6 Å². The van der Waals surface area contributed by atoms with Crippen LogP contribution in [0.5, 0.6) is 0 Å². The molecule has 0 aliphatic heterocycles. The molecule has 2 rings (SSSR count). The molecule has 0 spiro atoms. The van der Waals surface area contributed by atoms with Crippen LogP contribution >= 0.6 is 0 Å². The van der Waals surface area contributed by atoms with E-state index in [1.54, 1.807) is 32.2 Å². The molecule has 0 fully saturated rings. The summed E-state index contributed by atoms with van der Waals surface area (Å²) >= 11 is 0. The molecule has 1 N–H and O–H groups in total. The number of hydrogen-bond acceptors (Lipinski definition) is 4. The van der Waals surface area contributed by atoms with Crippen molar-refractivity contribution in [2.75, 3.05) is 7.05 Å². The first-order valence-corrected chi connectivity index (χ1v) is 7.82. The van der Waals surface area contributed by atoms with Gasteiger partial charge in [0.2, 0.25) is 5.91 Å². The van der Waals surface area contributed by atoms with Crippen molar-refractivity contribution in [3.05, 3.63) is 81.9 Å². The predicted octanol–water partition coefficient (Wildman–Crippen LogP) is 3.19. The molecular formula is C19H20N2O4. The van der Waals surface area contributed by atoms with Gasteiger partial charge in [0.05, 0.1) is 17.1 Å². The van der Waals surface area contributed by atoms with Gasteiger partial charge in [0.1, 0.15) is 0 Å². The Bertz CT molecular complexity index is 757. The SMILES string of the molecule is CC(C(O)c1ccccc1)N(C)C(=O)/C=C/c1ccc([N+](=O)[O-])cc1. The summed E-state index contributed by atoms with van der Waals surface area (Å²) in [5.41, 5.74) is 1.43. The van der Waals surface area contributed by atoms with Crippen molar-refractivity contribution in [3.63, 3.8) is 0 Å². The third-order valence-corrected chi connectivity index (χ3v) is 4.08. The van der Waals surface area contributed by atoms with Gasteiger partial charge in [0.25, 0.3) is 5.69 Å². The van der Waals surface area contributed by atoms with Crippen molar-refractivity contribution in [3.8, 4) is 0 Å². The molecule has 2 aromatic rings. The van der Waals surface area contributed by atoms with Crippen LogP contribution in [0.25, 0.3) is 6.08 Å². The highest BCUT2D eigenvalue weighted by Crippen LogP contribution is 2.20. The van der Waals surface area contributed by atoms with Crippen LogP contribution in [0.4, 0.5) is 5.69 Å². The van der Waals surface area contributed by atoms with Gasteiger partial charge in [-0.05, 0) is 36.3 Å². The van der Waals surface area contributed by atoms with Gasteiger partial charge in [-0.1, -0.05) is 30.3 Å². The van der Waals surface area contributed by atoms with Crippen LogP contribution in [0, 0.1) is 10.1 Å². The van der Waals surface area contributed by atoms with Crippen LogP contribution in [0.3, 0.4) is 0 Å². The zero-order valence-corrected chi connectivity index (χ0v) is 14.1. The fourth-order valence-corrected chi connectivity index (χ4v) is 2.33. The van der Waals surface area contributed by atoms with Crippen LogP contribution in [0.1, 0.15) is 24.2 Å². The van der Waals surface area contributed by atoms with Gasteiger partial charge in [0.15, 0.2) is 0 Å². The first-order valence-electron chi connectivity index (χ1n) is 7.82. The lowest BCUT2D eigenvalue weighted by atomic mass is 10.0. The van der Waals surface area contributed by atoms with Gasteiger partial charge in [-0.3, -0.25) is 14.9 Å². The van der Waals surface area contributed by atoms with E-state index in [0.717, 1.165) is 5.56 Å². The molecule has 25 heavy (non-hydrogen) atoms. The van der Waals surface area contributed by atoms with Crippen molar-refractivity contribution < 1.29 is 14.8 Å². The maximum absolute atomic E-state index is 12.3. The van der Waals surface area contributed by atoms with Crippen LogP contribution in [0.15, 0.2) is 60.7 Å². The number of aliphatic hydroxyl groups excluding tert-OH is 1. The van der Waals surface area contributed by atoms with Gasteiger partial charge in [-0.2, -0.15) is 0 Å². The summed E-state index contributed by atoms with van der Waals surface area (Å²) in [7, 11) is 1.62. The highest BCUT2D eigenvalue weighted by molar-refractivity contribution is 5.91. The number of hydrogen-bond donors (Lipinski definition) is 1. The maximum Gasteiger partial charge on any atom is 0.269 e. The van der Waals surface area contributed by atoms with E-state index in [9.17, 15) is 20.0 Å². The quantitative estimate of drug-likeness (QED) is 0.497. The second-order valence-corrected chi connectivity index (χ2v) is 5.73. The highest BCUT2D eigenvalue weighted by atomic mass is 16.6. The fraction of sp³-hybridized carbons (Fsp3) is 0.211. The van der Waals surface area contributed by atoms with E-state index >= 15 is 0 Å². The van der Waals surface area contributed by atoms with Gasteiger partial charge in [0, 0.05) is 25.3 Å². The third-order valence-electron chi connectivity index (χ3n) is 4.08. The average molecular weight is 340 g/mol. The molecule has 6 nitrogen and oxygen atoms in total. The van der Waals surface area contributed by atoms with Gasteiger partial charge >= 0.3 is 0 Å². The standard InChI is InChI=1S/C19H20N2O4/c1-14(19(23)16-6-4-3-5-7-16)20(2)18(22)13-10-15-8-11-17(12-9-15)21(24)25/h3-14,19,23H,1-2H3/b13-10+. The topological polar surface area (TPSA) is 83.7 Å². The van der Waals surface area contributed by atoms with Crippen molar-refractivity contribution in [2.45, 2.75) is 19.1 Å². The zero-order valence-electron chi connectivity index (χ0n) is 14.1. The minimum atomic E-state index is -0.789. The van der Waals surface area contributed by atoms with E-state index < -0.39 is 17.1 Å². The molecule has 0 bridgehead atoms. The molecule has 2 atom stereocenters. The van der Waals surface area contributed by atoms with Crippen LogP contribution in [-0.4, -0.2) is 33.9 Å². The van der Waals surface area contributed by atoms with Gasteiger partial charge in [-0.15, -0.1) is 0 Å². The summed E-state index contributed by atoms with van der Waals surface area (Å²) < 4.78 is 0. The van der Waals surface area contributed by atoms with Crippen molar-refractivity contribution in [2.24, 2.45) is 0 Å². The van der Waals surface area contributed by atoms with E-state index in [2.05, 4.69) is 0 Å². The Hall–Kier alpha value is -2.99. The normalized spacial score (nSPS) is 13.4. The molecule has 2 aromatic carbocycles. The Morgan fingerprint density at radius 1 is 1.16 bits per heavy atom. The third kappa shape index (κ3) is 4.74. The van der Waals surface area contributed by atoms with E-state index in [1.807, 2.05) is 30.3 Å². The molecule has 0 saturated heterocycles. The zero-order chi connectivity index (χ0) is 18.4. The molecule has 130 valence electrons. The summed E-state index contributed by atoms with van der Waals surface area (Å²) in [4.78, 5) is 23.9. The Morgan fingerprint density at radius 3 is 2.32 bits per heavy atom. The molecule has 0 aliphatic carbocycles. The van der Waals surface area contributed by atoms with Crippen molar-refractivity contribution in [1.82, 2.24) is 4.90 Å². The highest BCUT2D eigenvalue weighted by Gasteiger charge is 2.22. The number of rotatable bonds is 6. The lowest BCUT2D eigenvalue weighted by molar-refractivity contribution is -0.384. The molecule has 0 aliphatic rings. The first kappa shape index (κ1) is 18.4. The lowest BCUT2D eigenvalue weighted by Gasteiger charge is -2.28. The van der Waals surface area contributed by atoms with Crippen molar-refractivity contribution in [1.29, 1.82) is 0 Å². The second kappa shape index (κ2) is 8.21. The number of non-ortho nitro benzene ring substituents is 1. The van der Waals surface area contributed by atoms with Crippen LogP contribution in [-0.2, 0) is 4.79 Å². The van der Waals surface area contributed by atoms with E-state index in [0.29, 0.717) is 5.56 Å². The minimum Gasteiger partial charge on any atom is -0.386 e.